The first-order valence-corrected chi connectivity index (χ1v) is 12.1. The van der Waals surface area contributed by atoms with Crippen LogP contribution in [0.1, 0.15) is 22.3 Å². The van der Waals surface area contributed by atoms with Crippen LogP contribution >= 0.6 is 23.2 Å². The molecule has 0 bridgehead atoms. The lowest BCUT2D eigenvalue weighted by atomic mass is 10.1. The Hall–Kier alpha value is -2.38. The largest absolute Gasteiger partial charge is 0.325 e. The lowest BCUT2D eigenvalue weighted by Crippen LogP contribution is -2.37. The van der Waals surface area contributed by atoms with Crippen molar-refractivity contribution in [2.75, 3.05) is 11.9 Å². The van der Waals surface area contributed by atoms with Crippen molar-refractivity contribution in [3.05, 3.63) is 93.0 Å². The maximum atomic E-state index is 13.4. The highest BCUT2D eigenvalue weighted by Gasteiger charge is 2.28. The predicted octanol–water partition coefficient (Wildman–Crippen LogP) is 5.75. The molecule has 8 heteroatoms. The molecule has 168 valence electrons. The minimum atomic E-state index is -4.00. The van der Waals surface area contributed by atoms with Crippen molar-refractivity contribution in [3.63, 3.8) is 0 Å². The SMILES string of the molecule is Cc1ccc(S(=O)(=O)N(CC(=O)Nc2ccc(C)c(C)c2)Cc2c(Cl)cccc2Cl)cc1. The maximum absolute atomic E-state index is 13.4. The molecule has 0 radical (unpaired) electrons. The zero-order valence-electron chi connectivity index (χ0n) is 18.0. The summed E-state index contributed by atoms with van der Waals surface area (Å²) in [5.41, 5.74) is 4.08. The Morgan fingerprint density at radius 3 is 2.12 bits per heavy atom. The minimum absolute atomic E-state index is 0.0882. The second-order valence-electron chi connectivity index (χ2n) is 7.63. The molecule has 0 heterocycles. The molecule has 0 atom stereocenters. The van der Waals surface area contributed by atoms with Gasteiger partial charge in [-0.2, -0.15) is 4.31 Å². The zero-order chi connectivity index (χ0) is 23.5. The van der Waals surface area contributed by atoms with Gasteiger partial charge in [0.05, 0.1) is 11.4 Å². The molecule has 32 heavy (non-hydrogen) atoms. The highest BCUT2D eigenvalue weighted by atomic mass is 35.5. The Morgan fingerprint density at radius 2 is 1.53 bits per heavy atom. The normalized spacial score (nSPS) is 11.6. The first-order valence-electron chi connectivity index (χ1n) is 9.95. The van der Waals surface area contributed by atoms with E-state index in [9.17, 15) is 13.2 Å². The van der Waals surface area contributed by atoms with E-state index in [4.69, 9.17) is 23.2 Å². The Labute approximate surface area is 199 Å². The van der Waals surface area contributed by atoms with Crippen molar-refractivity contribution < 1.29 is 13.2 Å². The van der Waals surface area contributed by atoms with Crippen molar-refractivity contribution in [2.24, 2.45) is 0 Å². The van der Waals surface area contributed by atoms with E-state index < -0.39 is 22.5 Å². The van der Waals surface area contributed by atoms with Crippen LogP contribution in [-0.4, -0.2) is 25.2 Å². The van der Waals surface area contributed by atoms with Crippen LogP contribution in [0.5, 0.6) is 0 Å². The van der Waals surface area contributed by atoms with Crippen LogP contribution in [0, 0.1) is 20.8 Å². The van der Waals surface area contributed by atoms with E-state index in [0.717, 1.165) is 21.0 Å². The number of halogens is 2. The molecule has 5 nitrogen and oxygen atoms in total. The van der Waals surface area contributed by atoms with Crippen LogP contribution in [0.3, 0.4) is 0 Å². The van der Waals surface area contributed by atoms with Crippen molar-refractivity contribution in [3.8, 4) is 0 Å². The lowest BCUT2D eigenvalue weighted by molar-refractivity contribution is -0.116. The summed E-state index contributed by atoms with van der Waals surface area (Å²) in [4.78, 5) is 12.9. The van der Waals surface area contributed by atoms with Gasteiger partial charge < -0.3 is 5.32 Å². The van der Waals surface area contributed by atoms with E-state index in [1.54, 1.807) is 36.4 Å². The van der Waals surface area contributed by atoms with E-state index in [1.165, 1.54) is 12.1 Å². The molecule has 0 fully saturated rings. The number of carbonyl (C=O) groups excluding carboxylic acids is 1. The number of anilines is 1. The van der Waals surface area contributed by atoms with E-state index in [2.05, 4.69) is 5.32 Å². The number of nitrogens with zero attached hydrogens (tertiary/aromatic N) is 1. The average molecular weight is 491 g/mol. The summed E-state index contributed by atoms with van der Waals surface area (Å²) in [7, 11) is -4.00. The number of nitrogens with one attached hydrogen (secondary N) is 1. The Morgan fingerprint density at radius 1 is 0.906 bits per heavy atom. The van der Waals surface area contributed by atoms with Crippen LogP contribution < -0.4 is 5.32 Å². The standard InChI is InChI=1S/C24H24Cl2N2O3S/c1-16-7-11-20(12-8-16)32(30,31)28(14-21-22(25)5-4-6-23(21)26)15-24(29)27-19-10-9-17(2)18(3)13-19/h4-13H,14-15H2,1-3H3,(H,27,29). The molecular weight excluding hydrogens is 467 g/mol. The van der Waals surface area contributed by atoms with Gasteiger partial charge in [-0.3, -0.25) is 4.79 Å². The second kappa shape index (κ2) is 10.0. The fourth-order valence-electron chi connectivity index (χ4n) is 3.12. The van der Waals surface area contributed by atoms with Gasteiger partial charge in [0.2, 0.25) is 15.9 Å². The third-order valence-corrected chi connectivity index (χ3v) is 7.68. The van der Waals surface area contributed by atoms with Gasteiger partial charge in [-0.25, -0.2) is 8.42 Å². The number of hydrogen-bond donors (Lipinski definition) is 1. The highest BCUT2D eigenvalue weighted by molar-refractivity contribution is 7.89. The van der Waals surface area contributed by atoms with Gasteiger partial charge in [0.1, 0.15) is 0 Å². The molecule has 0 aliphatic carbocycles. The molecule has 0 aliphatic rings. The first-order chi connectivity index (χ1) is 15.1. The summed E-state index contributed by atoms with van der Waals surface area (Å²) < 4.78 is 27.9. The quantitative estimate of drug-likeness (QED) is 0.458. The molecule has 0 saturated carbocycles. The third kappa shape index (κ3) is 5.70. The van der Waals surface area contributed by atoms with Gasteiger partial charge in [0.25, 0.3) is 0 Å². The third-order valence-electron chi connectivity index (χ3n) is 5.17. The van der Waals surface area contributed by atoms with Crippen LogP contribution in [-0.2, 0) is 21.4 Å². The topological polar surface area (TPSA) is 66.5 Å². The Kier molecular flexibility index (Phi) is 7.62. The first kappa shape index (κ1) is 24.3. The van der Waals surface area contributed by atoms with E-state index in [1.807, 2.05) is 32.9 Å². The summed E-state index contributed by atoms with van der Waals surface area (Å²) in [6.45, 7) is 5.25. The Bertz CT molecular complexity index is 1220. The predicted molar refractivity (Wildman–Crippen MR) is 130 cm³/mol. The summed E-state index contributed by atoms with van der Waals surface area (Å²) in [6, 6.07) is 16.9. The van der Waals surface area contributed by atoms with Crippen molar-refractivity contribution in [1.82, 2.24) is 4.31 Å². The summed E-state index contributed by atoms with van der Waals surface area (Å²) in [5.74, 6) is -0.466. The lowest BCUT2D eigenvalue weighted by Gasteiger charge is -2.23. The highest BCUT2D eigenvalue weighted by Crippen LogP contribution is 2.28. The second-order valence-corrected chi connectivity index (χ2v) is 10.4. The van der Waals surface area contributed by atoms with Gasteiger partial charge in [-0.15, -0.1) is 0 Å². The summed E-state index contributed by atoms with van der Waals surface area (Å²) in [5, 5.41) is 3.44. The molecule has 3 aromatic rings. The summed E-state index contributed by atoms with van der Waals surface area (Å²) in [6.07, 6.45) is 0. The molecule has 0 spiro atoms. The van der Waals surface area contributed by atoms with Gasteiger partial charge in [-0.1, -0.05) is 53.0 Å². The van der Waals surface area contributed by atoms with E-state index >= 15 is 0 Å². The molecular formula is C24H24Cl2N2O3S. The average Bonchev–Trinajstić information content (AvgIpc) is 2.73. The number of aryl methyl sites for hydroxylation is 3. The number of hydrogen-bond acceptors (Lipinski definition) is 3. The molecule has 0 aliphatic heterocycles. The zero-order valence-corrected chi connectivity index (χ0v) is 20.4. The van der Waals surface area contributed by atoms with Crippen molar-refractivity contribution in [1.29, 1.82) is 0 Å². The van der Waals surface area contributed by atoms with E-state index in [-0.39, 0.29) is 11.4 Å². The molecule has 3 aromatic carbocycles. The molecule has 3 rings (SSSR count). The number of carbonyl (C=O) groups is 1. The monoisotopic (exact) mass is 490 g/mol. The number of amides is 1. The molecule has 0 aromatic heterocycles. The fraction of sp³-hybridized carbons (Fsp3) is 0.208. The number of rotatable bonds is 7. The molecule has 1 N–H and O–H groups in total. The van der Waals surface area contributed by atoms with Gasteiger partial charge >= 0.3 is 0 Å². The summed E-state index contributed by atoms with van der Waals surface area (Å²) >= 11 is 12.6. The maximum Gasteiger partial charge on any atom is 0.243 e. The smallest absolute Gasteiger partial charge is 0.243 e. The van der Waals surface area contributed by atoms with Crippen LogP contribution in [0.15, 0.2) is 65.6 Å². The Balaban J connectivity index is 1.93. The van der Waals surface area contributed by atoms with Crippen molar-refractivity contribution >= 4 is 44.8 Å². The molecule has 1 amide bonds. The fourth-order valence-corrected chi connectivity index (χ4v) is 5.01. The van der Waals surface area contributed by atoms with Crippen LogP contribution in [0.2, 0.25) is 10.0 Å². The molecule has 0 unspecified atom stereocenters. The van der Waals surface area contributed by atoms with Crippen molar-refractivity contribution in [2.45, 2.75) is 32.2 Å². The van der Waals surface area contributed by atoms with Gasteiger partial charge in [0.15, 0.2) is 0 Å². The van der Waals surface area contributed by atoms with Crippen LogP contribution in [0.25, 0.3) is 0 Å². The number of sulfonamides is 1. The van der Waals surface area contributed by atoms with Gasteiger partial charge in [0, 0.05) is 27.8 Å². The van der Waals surface area contributed by atoms with Gasteiger partial charge in [-0.05, 0) is 68.3 Å². The minimum Gasteiger partial charge on any atom is -0.325 e. The molecule has 0 saturated heterocycles. The number of benzene rings is 3. The van der Waals surface area contributed by atoms with E-state index in [0.29, 0.717) is 21.3 Å². The van der Waals surface area contributed by atoms with Crippen LogP contribution in [0.4, 0.5) is 5.69 Å².